The molecule has 1 aromatic carbocycles. The Bertz CT molecular complexity index is 466. The standard InChI is InChI=1S/C15H19NOS/c1-12-7-8-15(18-12)10-16-14(11-17)9-13-5-3-2-4-6-13/h2-8,14,16-17H,9-11H2,1H3. The van der Waals surface area contributed by atoms with Gasteiger partial charge in [0.25, 0.3) is 0 Å². The van der Waals surface area contributed by atoms with Crippen LogP contribution in [0.25, 0.3) is 0 Å². The molecule has 0 fully saturated rings. The Morgan fingerprint density at radius 1 is 1.17 bits per heavy atom. The Morgan fingerprint density at radius 2 is 1.94 bits per heavy atom. The summed E-state index contributed by atoms with van der Waals surface area (Å²) in [7, 11) is 0. The van der Waals surface area contributed by atoms with Gasteiger partial charge in [-0.1, -0.05) is 30.3 Å². The number of hydrogen-bond acceptors (Lipinski definition) is 3. The molecule has 0 saturated carbocycles. The van der Waals surface area contributed by atoms with Crippen LogP contribution in [0.2, 0.25) is 0 Å². The molecule has 2 aromatic rings. The molecule has 2 N–H and O–H groups in total. The minimum atomic E-state index is 0.120. The Labute approximate surface area is 112 Å². The molecule has 1 aromatic heterocycles. The lowest BCUT2D eigenvalue weighted by Gasteiger charge is -2.15. The van der Waals surface area contributed by atoms with Crippen molar-refractivity contribution in [3.8, 4) is 0 Å². The van der Waals surface area contributed by atoms with Gasteiger partial charge in [0.1, 0.15) is 0 Å². The van der Waals surface area contributed by atoms with Gasteiger partial charge < -0.3 is 10.4 Å². The van der Waals surface area contributed by atoms with E-state index in [1.807, 2.05) is 18.2 Å². The molecule has 0 amide bonds. The topological polar surface area (TPSA) is 32.3 Å². The summed E-state index contributed by atoms with van der Waals surface area (Å²) in [5, 5.41) is 12.8. The van der Waals surface area contributed by atoms with Gasteiger partial charge in [-0.15, -0.1) is 11.3 Å². The van der Waals surface area contributed by atoms with Crippen LogP contribution >= 0.6 is 11.3 Å². The van der Waals surface area contributed by atoms with Crippen LogP contribution in [0.4, 0.5) is 0 Å². The van der Waals surface area contributed by atoms with Gasteiger partial charge in [-0.2, -0.15) is 0 Å². The largest absolute Gasteiger partial charge is 0.395 e. The van der Waals surface area contributed by atoms with E-state index in [0.29, 0.717) is 0 Å². The van der Waals surface area contributed by atoms with E-state index in [4.69, 9.17) is 0 Å². The van der Waals surface area contributed by atoms with Crippen molar-refractivity contribution in [2.24, 2.45) is 0 Å². The average Bonchev–Trinajstić information content (AvgIpc) is 2.81. The van der Waals surface area contributed by atoms with E-state index in [0.717, 1.165) is 13.0 Å². The monoisotopic (exact) mass is 261 g/mol. The van der Waals surface area contributed by atoms with Gasteiger partial charge in [-0.05, 0) is 31.0 Å². The molecule has 2 nitrogen and oxygen atoms in total. The second kappa shape index (κ2) is 6.69. The molecule has 1 heterocycles. The van der Waals surface area contributed by atoms with Crippen LogP contribution < -0.4 is 5.32 Å². The van der Waals surface area contributed by atoms with Crippen molar-refractivity contribution < 1.29 is 5.11 Å². The van der Waals surface area contributed by atoms with E-state index >= 15 is 0 Å². The van der Waals surface area contributed by atoms with Crippen LogP contribution in [0, 0.1) is 6.92 Å². The molecular weight excluding hydrogens is 242 g/mol. The molecule has 0 radical (unpaired) electrons. The van der Waals surface area contributed by atoms with Gasteiger partial charge in [0.15, 0.2) is 0 Å². The maximum Gasteiger partial charge on any atom is 0.0587 e. The SMILES string of the molecule is Cc1ccc(CNC(CO)Cc2ccccc2)s1. The lowest BCUT2D eigenvalue weighted by Crippen LogP contribution is -2.33. The Morgan fingerprint density at radius 3 is 2.56 bits per heavy atom. The molecular formula is C15H19NOS. The summed E-state index contributed by atoms with van der Waals surface area (Å²) >= 11 is 1.80. The minimum absolute atomic E-state index is 0.120. The Kier molecular flexibility index (Phi) is 4.93. The van der Waals surface area contributed by atoms with Crippen LogP contribution in [0.5, 0.6) is 0 Å². The number of benzene rings is 1. The highest BCUT2D eigenvalue weighted by Gasteiger charge is 2.08. The molecule has 1 unspecified atom stereocenters. The predicted molar refractivity (Wildman–Crippen MR) is 76.9 cm³/mol. The second-order valence-corrected chi connectivity index (χ2v) is 5.83. The third-order valence-corrected chi connectivity index (χ3v) is 3.91. The molecule has 96 valence electrons. The van der Waals surface area contributed by atoms with Crippen molar-refractivity contribution in [3.05, 3.63) is 57.8 Å². The van der Waals surface area contributed by atoms with E-state index < -0.39 is 0 Å². The normalized spacial score (nSPS) is 12.6. The van der Waals surface area contributed by atoms with Gasteiger partial charge >= 0.3 is 0 Å². The van der Waals surface area contributed by atoms with Gasteiger partial charge in [0, 0.05) is 22.3 Å². The lowest BCUT2D eigenvalue weighted by atomic mass is 10.1. The van der Waals surface area contributed by atoms with Crippen molar-refractivity contribution in [2.75, 3.05) is 6.61 Å². The van der Waals surface area contributed by atoms with Crippen molar-refractivity contribution in [3.63, 3.8) is 0 Å². The third kappa shape index (κ3) is 3.95. The zero-order chi connectivity index (χ0) is 12.8. The van der Waals surface area contributed by atoms with Crippen molar-refractivity contribution in [1.29, 1.82) is 0 Å². The number of thiophene rings is 1. The minimum Gasteiger partial charge on any atom is -0.395 e. The summed E-state index contributed by atoms with van der Waals surface area (Å²) in [4.78, 5) is 2.65. The predicted octanol–water partition coefficient (Wildman–Crippen LogP) is 2.75. The van der Waals surface area contributed by atoms with Crippen LogP contribution in [0.3, 0.4) is 0 Å². The number of aliphatic hydroxyl groups is 1. The average molecular weight is 261 g/mol. The van der Waals surface area contributed by atoms with Crippen LogP contribution in [0.15, 0.2) is 42.5 Å². The molecule has 18 heavy (non-hydrogen) atoms. The number of nitrogens with one attached hydrogen (secondary N) is 1. The highest BCUT2D eigenvalue weighted by atomic mass is 32.1. The van der Waals surface area contributed by atoms with E-state index in [1.54, 1.807) is 11.3 Å². The first kappa shape index (κ1) is 13.3. The lowest BCUT2D eigenvalue weighted by molar-refractivity contribution is 0.241. The van der Waals surface area contributed by atoms with E-state index in [1.165, 1.54) is 15.3 Å². The van der Waals surface area contributed by atoms with Crippen LogP contribution in [0.1, 0.15) is 15.3 Å². The van der Waals surface area contributed by atoms with Crippen molar-refractivity contribution >= 4 is 11.3 Å². The maximum absolute atomic E-state index is 9.41. The van der Waals surface area contributed by atoms with Crippen LogP contribution in [-0.2, 0) is 13.0 Å². The summed E-state index contributed by atoms with van der Waals surface area (Å²) in [6.07, 6.45) is 0.863. The van der Waals surface area contributed by atoms with Gasteiger partial charge in [-0.25, -0.2) is 0 Å². The highest BCUT2D eigenvalue weighted by molar-refractivity contribution is 7.11. The first-order valence-electron chi connectivity index (χ1n) is 6.21. The van der Waals surface area contributed by atoms with E-state index in [-0.39, 0.29) is 12.6 Å². The van der Waals surface area contributed by atoms with E-state index in [9.17, 15) is 5.11 Å². The summed E-state index contributed by atoms with van der Waals surface area (Å²) in [6.45, 7) is 3.11. The van der Waals surface area contributed by atoms with Crippen molar-refractivity contribution in [1.82, 2.24) is 5.32 Å². The van der Waals surface area contributed by atoms with E-state index in [2.05, 4.69) is 36.5 Å². The molecule has 0 aliphatic carbocycles. The fraction of sp³-hybridized carbons (Fsp3) is 0.333. The number of hydrogen-bond donors (Lipinski definition) is 2. The molecule has 0 saturated heterocycles. The van der Waals surface area contributed by atoms with Crippen molar-refractivity contribution in [2.45, 2.75) is 25.9 Å². The molecule has 0 bridgehead atoms. The maximum atomic E-state index is 9.41. The first-order chi connectivity index (χ1) is 8.78. The summed E-state index contributed by atoms with van der Waals surface area (Å²) < 4.78 is 0. The number of rotatable bonds is 6. The quantitative estimate of drug-likeness (QED) is 0.838. The molecule has 2 rings (SSSR count). The fourth-order valence-corrected chi connectivity index (χ4v) is 2.77. The second-order valence-electron chi connectivity index (χ2n) is 4.46. The molecule has 0 aliphatic heterocycles. The molecule has 0 spiro atoms. The first-order valence-corrected chi connectivity index (χ1v) is 7.03. The number of aryl methyl sites for hydroxylation is 1. The molecule has 3 heteroatoms. The summed E-state index contributed by atoms with van der Waals surface area (Å²) in [5.74, 6) is 0. The highest BCUT2D eigenvalue weighted by Crippen LogP contribution is 2.15. The number of aliphatic hydroxyl groups excluding tert-OH is 1. The van der Waals surface area contributed by atoms with Gasteiger partial charge in [0.2, 0.25) is 0 Å². The zero-order valence-electron chi connectivity index (χ0n) is 10.6. The molecule has 0 aliphatic rings. The Balaban J connectivity index is 1.86. The zero-order valence-corrected chi connectivity index (χ0v) is 11.4. The third-order valence-electron chi connectivity index (χ3n) is 2.91. The fourth-order valence-electron chi connectivity index (χ4n) is 1.92. The summed E-state index contributed by atoms with van der Waals surface area (Å²) in [6, 6.07) is 14.7. The Hall–Kier alpha value is -1.16. The van der Waals surface area contributed by atoms with Gasteiger partial charge in [0.05, 0.1) is 6.61 Å². The van der Waals surface area contributed by atoms with Crippen LogP contribution in [-0.4, -0.2) is 17.8 Å². The summed E-state index contributed by atoms with van der Waals surface area (Å²) in [5.41, 5.74) is 1.26. The van der Waals surface area contributed by atoms with Gasteiger partial charge in [-0.3, -0.25) is 0 Å². The smallest absolute Gasteiger partial charge is 0.0587 e. The molecule has 1 atom stereocenters.